The molecule has 1 atom stereocenters. The number of fused-ring (bicyclic) bond motifs is 1. The number of ether oxygens (including phenoxy) is 1. The number of thiazole rings is 1. The number of nitrogens with zero attached hydrogens (tertiary/aromatic N) is 4. The average Bonchev–Trinajstić information content (AvgIpc) is 3.64. The third-order valence-electron chi connectivity index (χ3n) is 6.23. The SMILES string of the molecule is CC(O)(C#Cc1cc2cccc(-c3ccnc(Nc4cccc(N5CCOCC5)c4)n3)c2o1)c1nccs1. The van der Waals surface area contributed by atoms with E-state index in [2.05, 4.69) is 44.2 Å². The minimum absolute atomic E-state index is 0.455. The van der Waals surface area contributed by atoms with E-state index in [0.717, 1.165) is 54.3 Å². The molecule has 0 amide bonds. The Bertz CT molecular complexity index is 1630. The number of hydrogen-bond acceptors (Lipinski definition) is 9. The lowest BCUT2D eigenvalue weighted by Crippen LogP contribution is -2.36. The van der Waals surface area contributed by atoms with E-state index in [1.165, 1.54) is 11.3 Å². The van der Waals surface area contributed by atoms with Gasteiger partial charge in [0.25, 0.3) is 0 Å². The molecule has 0 bridgehead atoms. The number of nitrogens with one attached hydrogen (secondary N) is 1. The van der Waals surface area contributed by atoms with Crippen LogP contribution >= 0.6 is 11.3 Å². The van der Waals surface area contributed by atoms with Gasteiger partial charge in [-0.2, -0.15) is 0 Å². The highest BCUT2D eigenvalue weighted by Gasteiger charge is 2.23. The molecule has 1 aliphatic rings. The zero-order valence-corrected chi connectivity index (χ0v) is 21.5. The van der Waals surface area contributed by atoms with Crippen LogP contribution in [0.25, 0.3) is 22.2 Å². The summed E-state index contributed by atoms with van der Waals surface area (Å²) in [5, 5.41) is 17.3. The first-order chi connectivity index (χ1) is 18.5. The minimum Gasteiger partial charge on any atom is -0.447 e. The van der Waals surface area contributed by atoms with E-state index in [1.54, 1.807) is 19.3 Å². The van der Waals surface area contributed by atoms with Gasteiger partial charge in [-0.15, -0.1) is 11.3 Å². The predicted octanol–water partition coefficient (Wildman–Crippen LogP) is 5.19. The molecule has 190 valence electrons. The number of benzene rings is 2. The third-order valence-corrected chi connectivity index (χ3v) is 7.22. The Balaban J connectivity index is 1.27. The van der Waals surface area contributed by atoms with E-state index >= 15 is 0 Å². The number of rotatable bonds is 5. The van der Waals surface area contributed by atoms with Crippen molar-refractivity contribution in [2.75, 3.05) is 36.5 Å². The summed E-state index contributed by atoms with van der Waals surface area (Å²) < 4.78 is 11.6. The molecule has 5 aromatic rings. The predicted molar refractivity (Wildman–Crippen MR) is 149 cm³/mol. The molecule has 1 unspecified atom stereocenters. The fraction of sp³-hybridized carbons (Fsp3) is 0.207. The summed E-state index contributed by atoms with van der Waals surface area (Å²) >= 11 is 1.36. The summed E-state index contributed by atoms with van der Waals surface area (Å²) in [6.45, 7) is 4.84. The number of furan rings is 1. The minimum atomic E-state index is -1.36. The molecule has 2 N–H and O–H groups in total. The molecule has 1 saturated heterocycles. The Morgan fingerprint density at radius 2 is 1.92 bits per heavy atom. The molecule has 8 nitrogen and oxygen atoms in total. The van der Waals surface area contributed by atoms with Gasteiger partial charge in [-0.25, -0.2) is 15.0 Å². The smallest absolute Gasteiger partial charge is 0.227 e. The second-order valence-corrected chi connectivity index (χ2v) is 9.93. The molecular weight excluding hydrogens is 498 g/mol. The maximum absolute atomic E-state index is 10.7. The third kappa shape index (κ3) is 5.10. The Labute approximate surface area is 224 Å². The van der Waals surface area contributed by atoms with Gasteiger partial charge < -0.3 is 24.5 Å². The second-order valence-electron chi connectivity index (χ2n) is 9.03. The molecule has 0 radical (unpaired) electrons. The van der Waals surface area contributed by atoms with Crippen LogP contribution in [0.4, 0.5) is 17.3 Å². The van der Waals surface area contributed by atoms with Crippen LogP contribution in [0.2, 0.25) is 0 Å². The Hall–Kier alpha value is -4.23. The van der Waals surface area contributed by atoms with Crippen molar-refractivity contribution in [2.45, 2.75) is 12.5 Å². The van der Waals surface area contributed by atoms with Crippen LogP contribution in [0.3, 0.4) is 0 Å². The van der Waals surface area contributed by atoms with Gasteiger partial charge in [0, 0.05) is 59.3 Å². The van der Waals surface area contributed by atoms with Crippen LogP contribution in [0.1, 0.15) is 17.7 Å². The number of anilines is 3. The van der Waals surface area contributed by atoms with E-state index in [9.17, 15) is 5.11 Å². The van der Waals surface area contributed by atoms with Crippen molar-refractivity contribution in [1.82, 2.24) is 15.0 Å². The number of aliphatic hydroxyl groups is 1. The lowest BCUT2D eigenvalue weighted by molar-refractivity contribution is 0.121. The van der Waals surface area contributed by atoms with Crippen LogP contribution in [0.15, 0.2) is 76.8 Å². The Morgan fingerprint density at radius 3 is 2.76 bits per heavy atom. The highest BCUT2D eigenvalue weighted by molar-refractivity contribution is 7.09. The van der Waals surface area contributed by atoms with E-state index in [4.69, 9.17) is 14.1 Å². The molecule has 1 aliphatic heterocycles. The van der Waals surface area contributed by atoms with Crippen molar-refractivity contribution in [1.29, 1.82) is 0 Å². The molecule has 0 aliphatic carbocycles. The largest absolute Gasteiger partial charge is 0.447 e. The maximum atomic E-state index is 10.7. The fourth-order valence-corrected chi connectivity index (χ4v) is 4.98. The number of hydrogen-bond donors (Lipinski definition) is 2. The fourth-order valence-electron chi connectivity index (χ4n) is 4.33. The first kappa shape index (κ1) is 24.1. The van der Waals surface area contributed by atoms with Gasteiger partial charge in [-0.3, -0.25) is 0 Å². The molecule has 6 rings (SSSR count). The van der Waals surface area contributed by atoms with Crippen LogP contribution in [0, 0.1) is 11.8 Å². The number of morpholine rings is 1. The van der Waals surface area contributed by atoms with Gasteiger partial charge >= 0.3 is 0 Å². The van der Waals surface area contributed by atoms with E-state index in [0.29, 0.717) is 22.3 Å². The molecular formula is C29H25N5O3S. The van der Waals surface area contributed by atoms with Crippen LogP contribution in [-0.4, -0.2) is 46.4 Å². The van der Waals surface area contributed by atoms with Gasteiger partial charge in [-0.1, -0.05) is 24.1 Å². The maximum Gasteiger partial charge on any atom is 0.227 e. The molecule has 0 saturated carbocycles. The topological polar surface area (TPSA) is 96.5 Å². The molecule has 0 spiro atoms. The number of aromatic nitrogens is 3. The average molecular weight is 524 g/mol. The lowest BCUT2D eigenvalue weighted by Gasteiger charge is -2.29. The van der Waals surface area contributed by atoms with Gasteiger partial charge in [0.2, 0.25) is 5.95 Å². The van der Waals surface area contributed by atoms with Crippen molar-refractivity contribution in [2.24, 2.45) is 0 Å². The molecule has 3 aromatic heterocycles. The molecule has 1 fully saturated rings. The van der Waals surface area contributed by atoms with Crippen molar-refractivity contribution in [3.05, 3.63) is 83.1 Å². The zero-order chi connectivity index (χ0) is 26.0. The summed E-state index contributed by atoms with van der Waals surface area (Å²) in [6, 6.07) is 17.8. The van der Waals surface area contributed by atoms with E-state index in [-0.39, 0.29) is 0 Å². The monoisotopic (exact) mass is 523 g/mol. The van der Waals surface area contributed by atoms with Crippen LogP contribution < -0.4 is 10.2 Å². The van der Waals surface area contributed by atoms with Crippen LogP contribution in [-0.2, 0) is 10.3 Å². The molecule has 9 heteroatoms. The molecule has 2 aromatic carbocycles. The van der Waals surface area contributed by atoms with Gasteiger partial charge in [0.1, 0.15) is 10.6 Å². The van der Waals surface area contributed by atoms with Crippen molar-refractivity contribution < 1.29 is 14.3 Å². The Kier molecular flexibility index (Phi) is 6.52. The van der Waals surface area contributed by atoms with Gasteiger partial charge in [0.05, 0.1) is 18.9 Å². The molecule has 38 heavy (non-hydrogen) atoms. The summed E-state index contributed by atoms with van der Waals surface area (Å²) in [4.78, 5) is 15.7. The lowest BCUT2D eigenvalue weighted by atomic mass is 10.1. The summed E-state index contributed by atoms with van der Waals surface area (Å²) in [6.07, 6.45) is 3.37. The molecule has 4 heterocycles. The first-order valence-corrected chi connectivity index (χ1v) is 13.1. The second kappa shape index (κ2) is 10.3. The summed E-state index contributed by atoms with van der Waals surface area (Å²) in [7, 11) is 0. The Morgan fingerprint density at radius 1 is 1.05 bits per heavy atom. The standard InChI is InChI=1S/C29H25N5O3S/c1-29(35,27-30-12-17-38-27)10-8-23-18-20-4-2-7-24(26(20)37-23)25-9-11-31-28(33-25)32-21-5-3-6-22(19-21)34-13-15-36-16-14-34/h2-7,9,11-12,17-19,35H,13-16H2,1H3,(H,31,32,33). The highest BCUT2D eigenvalue weighted by Crippen LogP contribution is 2.31. The summed E-state index contributed by atoms with van der Waals surface area (Å²) in [5.74, 6) is 6.78. The van der Waals surface area contributed by atoms with Crippen molar-refractivity contribution in [3.8, 4) is 23.1 Å². The highest BCUT2D eigenvalue weighted by atomic mass is 32.1. The zero-order valence-electron chi connectivity index (χ0n) is 20.7. The van der Waals surface area contributed by atoms with Crippen molar-refractivity contribution in [3.63, 3.8) is 0 Å². The normalized spacial score (nSPS) is 15.1. The quantitative estimate of drug-likeness (QED) is 0.304. The van der Waals surface area contributed by atoms with E-state index in [1.807, 2.05) is 47.8 Å². The first-order valence-electron chi connectivity index (χ1n) is 12.3. The summed E-state index contributed by atoms with van der Waals surface area (Å²) in [5.41, 5.74) is 2.91. The van der Waals surface area contributed by atoms with Crippen LogP contribution in [0.5, 0.6) is 0 Å². The number of para-hydroxylation sites is 1. The van der Waals surface area contributed by atoms with Gasteiger partial charge in [-0.05, 0) is 43.2 Å². The van der Waals surface area contributed by atoms with E-state index < -0.39 is 5.60 Å². The van der Waals surface area contributed by atoms with Crippen molar-refractivity contribution >= 4 is 39.6 Å². The van der Waals surface area contributed by atoms with Gasteiger partial charge in [0.15, 0.2) is 11.4 Å².